The Hall–Kier alpha value is -3.03. The van der Waals surface area contributed by atoms with Gasteiger partial charge in [0.1, 0.15) is 11.8 Å². The average molecular weight is 384 g/mol. The van der Waals surface area contributed by atoms with Gasteiger partial charge in [-0.05, 0) is 42.2 Å². The molecule has 0 bridgehead atoms. The van der Waals surface area contributed by atoms with Gasteiger partial charge in [0.2, 0.25) is 11.7 Å². The van der Waals surface area contributed by atoms with Crippen LogP contribution in [0.15, 0.2) is 27.8 Å². The number of carbonyl (C=O) groups is 1. The normalized spacial score (nSPS) is 24.8. The topological polar surface area (TPSA) is 76.0 Å². The van der Waals surface area contributed by atoms with Crippen molar-refractivity contribution in [3.63, 3.8) is 0 Å². The van der Waals surface area contributed by atoms with Crippen LogP contribution in [-0.2, 0) is 4.79 Å². The second-order valence-corrected chi connectivity index (χ2v) is 6.95. The molecule has 1 amide bonds. The number of ether oxygens (including phenoxy) is 3. The highest BCUT2D eigenvalue weighted by atomic mass is 16.5. The molecule has 1 fully saturated rings. The molecule has 0 N–H and O–H groups in total. The summed E-state index contributed by atoms with van der Waals surface area (Å²) in [4.78, 5) is 19.6. The van der Waals surface area contributed by atoms with E-state index in [-0.39, 0.29) is 18.0 Å². The van der Waals surface area contributed by atoms with Crippen molar-refractivity contribution in [2.45, 2.75) is 19.0 Å². The number of nitrogens with zero attached hydrogens (tertiary/aromatic N) is 4. The van der Waals surface area contributed by atoms with Crippen molar-refractivity contribution in [2.24, 2.45) is 16.0 Å². The molecule has 2 atom stereocenters. The second kappa shape index (κ2) is 7.18. The number of methoxy groups -OCH3 is 3. The lowest BCUT2D eigenvalue weighted by atomic mass is 9.95. The standard InChI is InChI=1S/C20H24N4O4/c1-23-19-14(11-21-23)20(25)24-7-5-6-13(18(24)22-19)8-12-9-15(26-2)17(28-4)16(10-12)27-3/h8-11,14,19H,5-7H2,1-4H3/b13-8+. The van der Waals surface area contributed by atoms with E-state index < -0.39 is 0 Å². The number of piperidine rings is 1. The van der Waals surface area contributed by atoms with Crippen LogP contribution in [0.3, 0.4) is 0 Å². The van der Waals surface area contributed by atoms with E-state index in [0.29, 0.717) is 23.8 Å². The molecule has 3 aliphatic rings. The molecule has 28 heavy (non-hydrogen) atoms. The van der Waals surface area contributed by atoms with Gasteiger partial charge in [0.05, 0.1) is 21.3 Å². The Bertz CT molecular complexity index is 867. The fourth-order valence-electron chi connectivity index (χ4n) is 3.92. The summed E-state index contributed by atoms with van der Waals surface area (Å²) < 4.78 is 16.3. The monoisotopic (exact) mass is 384 g/mol. The summed E-state index contributed by atoms with van der Waals surface area (Å²) >= 11 is 0. The van der Waals surface area contributed by atoms with Crippen LogP contribution in [0.4, 0.5) is 0 Å². The quantitative estimate of drug-likeness (QED) is 0.794. The lowest BCUT2D eigenvalue weighted by molar-refractivity contribution is -0.131. The van der Waals surface area contributed by atoms with Crippen molar-refractivity contribution in [3.8, 4) is 17.2 Å². The molecule has 8 nitrogen and oxygen atoms in total. The van der Waals surface area contributed by atoms with Gasteiger partial charge in [-0.1, -0.05) is 0 Å². The zero-order valence-corrected chi connectivity index (χ0v) is 16.5. The summed E-state index contributed by atoms with van der Waals surface area (Å²) in [5.74, 6) is 2.24. The van der Waals surface area contributed by atoms with E-state index in [1.54, 1.807) is 37.5 Å². The maximum absolute atomic E-state index is 12.9. The Morgan fingerprint density at radius 2 is 1.86 bits per heavy atom. The van der Waals surface area contributed by atoms with Gasteiger partial charge in [-0.2, -0.15) is 5.10 Å². The Kier molecular flexibility index (Phi) is 4.70. The average Bonchev–Trinajstić information content (AvgIpc) is 3.09. The maximum Gasteiger partial charge on any atom is 0.240 e. The smallest absolute Gasteiger partial charge is 0.240 e. The van der Waals surface area contributed by atoms with Crippen LogP contribution in [0.2, 0.25) is 0 Å². The van der Waals surface area contributed by atoms with Crippen LogP contribution in [0.1, 0.15) is 18.4 Å². The molecule has 1 aromatic rings. The number of amides is 1. The number of hydrogen-bond donors (Lipinski definition) is 0. The van der Waals surface area contributed by atoms with E-state index in [9.17, 15) is 4.79 Å². The largest absolute Gasteiger partial charge is 0.493 e. The fraction of sp³-hybridized carbons (Fsp3) is 0.450. The molecule has 0 radical (unpaired) electrons. The Morgan fingerprint density at radius 3 is 2.50 bits per heavy atom. The van der Waals surface area contributed by atoms with E-state index in [1.165, 1.54) is 0 Å². The Morgan fingerprint density at radius 1 is 1.14 bits per heavy atom. The number of carbonyl (C=O) groups excluding carboxylic acids is 1. The molecule has 3 aliphatic heterocycles. The molecule has 4 rings (SSSR count). The van der Waals surface area contributed by atoms with Gasteiger partial charge in [-0.15, -0.1) is 0 Å². The van der Waals surface area contributed by atoms with Crippen molar-refractivity contribution in [1.82, 2.24) is 9.91 Å². The summed E-state index contributed by atoms with van der Waals surface area (Å²) in [6, 6.07) is 3.79. The molecular weight excluding hydrogens is 360 g/mol. The van der Waals surface area contributed by atoms with Crippen LogP contribution in [0.25, 0.3) is 6.08 Å². The number of benzene rings is 1. The molecule has 3 heterocycles. The summed E-state index contributed by atoms with van der Waals surface area (Å²) in [7, 11) is 6.61. The predicted octanol–water partition coefficient (Wildman–Crippen LogP) is 2.00. The first-order valence-electron chi connectivity index (χ1n) is 9.24. The van der Waals surface area contributed by atoms with Crippen LogP contribution >= 0.6 is 0 Å². The van der Waals surface area contributed by atoms with Gasteiger partial charge in [-0.25, -0.2) is 4.99 Å². The second-order valence-electron chi connectivity index (χ2n) is 6.95. The summed E-state index contributed by atoms with van der Waals surface area (Å²) in [6.45, 7) is 0.686. The lowest BCUT2D eigenvalue weighted by Gasteiger charge is -2.38. The highest BCUT2D eigenvalue weighted by molar-refractivity contribution is 6.15. The van der Waals surface area contributed by atoms with Gasteiger partial charge < -0.3 is 14.2 Å². The predicted molar refractivity (Wildman–Crippen MR) is 106 cm³/mol. The molecule has 0 aliphatic carbocycles. The van der Waals surface area contributed by atoms with E-state index in [4.69, 9.17) is 19.2 Å². The number of hydrazone groups is 1. The molecule has 2 unspecified atom stereocenters. The molecule has 0 saturated carbocycles. The number of hydrogen-bond acceptors (Lipinski definition) is 7. The SMILES string of the molecule is COc1cc(/C=C2\CCCN3C(=O)C4C=NN(C)C4N=C23)cc(OC)c1OC. The minimum Gasteiger partial charge on any atom is -0.493 e. The van der Waals surface area contributed by atoms with E-state index >= 15 is 0 Å². The third kappa shape index (κ3) is 2.89. The van der Waals surface area contributed by atoms with Crippen LogP contribution in [0.5, 0.6) is 17.2 Å². The van der Waals surface area contributed by atoms with Crippen molar-refractivity contribution < 1.29 is 19.0 Å². The van der Waals surface area contributed by atoms with Crippen molar-refractivity contribution in [3.05, 3.63) is 23.3 Å². The van der Waals surface area contributed by atoms with Crippen molar-refractivity contribution in [1.29, 1.82) is 0 Å². The minimum absolute atomic E-state index is 0.0681. The molecule has 1 aromatic carbocycles. The van der Waals surface area contributed by atoms with Crippen LogP contribution < -0.4 is 14.2 Å². The van der Waals surface area contributed by atoms with Crippen LogP contribution in [0, 0.1) is 5.92 Å². The Balaban J connectivity index is 1.76. The molecule has 0 aromatic heterocycles. The number of aliphatic imine (C=N–C) groups is 1. The number of amidine groups is 1. The van der Waals surface area contributed by atoms with Gasteiger partial charge in [0, 0.05) is 19.8 Å². The first-order valence-corrected chi connectivity index (χ1v) is 9.24. The molecule has 8 heteroatoms. The summed E-state index contributed by atoms with van der Waals surface area (Å²) in [5, 5.41) is 6.00. The first kappa shape index (κ1) is 18.3. The third-order valence-electron chi connectivity index (χ3n) is 5.32. The number of rotatable bonds is 4. The van der Waals surface area contributed by atoms with Gasteiger partial charge in [0.15, 0.2) is 17.7 Å². The van der Waals surface area contributed by atoms with Crippen molar-refractivity contribution in [2.75, 3.05) is 34.9 Å². The lowest BCUT2D eigenvalue weighted by Crippen LogP contribution is -2.52. The summed E-state index contributed by atoms with van der Waals surface area (Å²) in [6.07, 6.45) is 5.22. The zero-order valence-electron chi connectivity index (χ0n) is 16.5. The van der Waals surface area contributed by atoms with Crippen LogP contribution in [-0.4, -0.2) is 69.0 Å². The summed E-state index contributed by atoms with van der Waals surface area (Å²) in [5.41, 5.74) is 1.92. The van der Waals surface area contributed by atoms with E-state index in [0.717, 1.165) is 29.8 Å². The van der Waals surface area contributed by atoms with Gasteiger partial charge in [-0.3, -0.25) is 14.7 Å². The molecule has 1 saturated heterocycles. The fourth-order valence-corrected chi connectivity index (χ4v) is 3.92. The van der Waals surface area contributed by atoms with Crippen molar-refractivity contribution >= 4 is 24.0 Å². The highest BCUT2D eigenvalue weighted by Gasteiger charge is 2.43. The third-order valence-corrected chi connectivity index (χ3v) is 5.32. The molecular formula is C20H24N4O4. The minimum atomic E-state index is -0.297. The highest BCUT2D eigenvalue weighted by Crippen LogP contribution is 2.39. The first-order chi connectivity index (χ1) is 13.6. The molecule has 0 spiro atoms. The van der Waals surface area contributed by atoms with E-state index in [2.05, 4.69) is 5.10 Å². The zero-order chi connectivity index (χ0) is 19.8. The van der Waals surface area contributed by atoms with Gasteiger partial charge >= 0.3 is 0 Å². The van der Waals surface area contributed by atoms with Gasteiger partial charge in [0.25, 0.3) is 0 Å². The number of fused-ring (bicyclic) bond motifs is 2. The van der Waals surface area contributed by atoms with E-state index in [1.807, 2.05) is 25.3 Å². The molecule has 148 valence electrons. The maximum atomic E-state index is 12.9. The Labute approximate surface area is 164 Å².